The predicted octanol–water partition coefficient (Wildman–Crippen LogP) is 9.01. The number of aldehydes is 1. The van der Waals surface area contributed by atoms with E-state index in [0.717, 1.165) is 49.9 Å². The van der Waals surface area contributed by atoms with Crippen molar-refractivity contribution in [1.29, 1.82) is 0 Å². The molecule has 13 heteroatoms. The summed E-state index contributed by atoms with van der Waals surface area (Å²) in [7, 11) is -7.89. The topological polar surface area (TPSA) is 90.0 Å². The SMILES string of the molecule is CC(C)(C)[Si](C)(C)Oc1ccc(-c2sc3c(c2-c2cc(OCCN4CCCCC4)ccc2C=O)C(=O)CC(S(=O)(=O)C(F)(F)F)=C3)cc1. The number of benzene rings is 2. The van der Waals surface area contributed by atoms with Gasteiger partial charge in [-0.15, -0.1) is 11.3 Å². The maximum absolute atomic E-state index is 13.6. The van der Waals surface area contributed by atoms with Gasteiger partial charge >= 0.3 is 5.51 Å². The molecule has 48 heavy (non-hydrogen) atoms. The molecule has 5 rings (SSSR count). The van der Waals surface area contributed by atoms with E-state index < -0.39 is 40.8 Å². The van der Waals surface area contributed by atoms with Crippen LogP contribution in [0.5, 0.6) is 11.5 Å². The van der Waals surface area contributed by atoms with Crippen LogP contribution in [0.25, 0.3) is 27.6 Å². The van der Waals surface area contributed by atoms with E-state index in [1.165, 1.54) is 6.42 Å². The van der Waals surface area contributed by atoms with Crippen LogP contribution in [0.2, 0.25) is 18.1 Å². The predicted molar refractivity (Wildman–Crippen MR) is 186 cm³/mol. The number of fused-ring (bicyclic) bond motifs is 1. The lowest BCUT2D eigenvalue weighted by molar-refractivity contribution is -0.0426. The molecule has 0 saturated carbocycles. The first-order chi connectivity index (χ1) is 22.4. The van der Waals surface area contributed by atoms with Crippen LogP contribution in [0.4, 0.5) is 13.2 Å². The number of hydrogen-bond acceptors (Lipinski definition) is 8. The van der Waals surface area contributed by atoms with Crippen LogP contribution in [0, 0.1) is 0 Å². The third-order valence-electron chi connectivity index (χ3n) is 9.33. The van der Waals surface area contributed by atoms with Crippen LogP contribution in [-0.2, 0) is 9.84 Å². The fraction of sp³-hybridized carbons (Fsp3) is 0.429. The van der Waals surface area contributed by atoms with Gasteiger partial charge in [-0.2, -0.15) is 13.2 Å². The number of sulfone groups is 1. The van der Waals surface area contributed by atoms with Gasteiger partial charge in [0.2, 0.25) is 8.32 Å². The van der Waals surface area contributed by atoms with Crippen molar-refractivity contribution >= 4 is 47.6 Å². The number of carbonyl (C=O) groups excluding carboxylic acids is 2. The van der Waals surface area contributed by atoms with Crippen molar-refractivity contribution in [2.75, 3.05) is 26.2 Å². The van der Waals surface area contributed by atoms with Gasteiger partial charge in [-0.05, 0) is 104 Å². The van der Waals surface area contributed by atoms with Crippen molar-refractivity contribution in [2.24, 2.45) is 0 Å². The monoisotopic (exact) mass is 719 g/mol. The summed E-state index contributed by atoms with van der Waals surface area (Å²) in [5.41, 5.74) is -3.87. The summed E-state index contributed by atoms with van der Waals surface area (Å²) in [4.78, 5) is 27.9. The third-order valence-corrected chi connectivity index (χ3v) is 16.4. The molecular formula is C35H40F3NO6S2Si. The number of carbonyl (C=O) groups is 2. The highest BCUT2D eigenvalue weighted by Gasteiger charge is 2.49. The number of thiophene rings is 1. The highest BCUT2D eigenvalue weighted by Crippen LogP contribution is 2.49. The summed E-state index contributed by atoms with van der Waals surface area (Å²) in [5.74, 6) is 0.343. The summed E-state index contributed by atoms with van der Waals surface area (Å²) in [6.45, 7) is 13.8. The lowest BCUT2D eigenvalue weighted by Crippen LogP contribution is -2.43. The molecule has 0 N–H and O–H groups in total. The largest absolute Gasteiger partial charge is 0.544 e. The second kappa shape index (κ2) is 13.6. The molecule has 1 fully saturated rings. The molecule has 2 aliphatic rings. The first-order valence-corrected chi connectivity index (χ1v) is 21.1. The summed E-state index contributed by atoms with van der Waals surface area (Å²) < 4.78 is 77.8. The van der Waals surface area contributed by atoms with Gasteiger partial charge in [-0.3, -0.25) is 14.5 Å². The number of piperidine rings is 1. The number of hydrogen-bond donors (Lipinski definition) is 0. The van der Waals surface area contributed by atoms with Gasteiger partial charge in [-0.1, -0.05) is 27.2 Å². The van der Waals surface area contributed by atoms with E-state index in [1.807, 2.05) is 0 Å². The number of halogens is 3. The van der Waals surface area contributed by atoms with E-state index in [2.05, 4.69) is 38.8 Å². The Morgan fingerprint density at radius 3 is 2.21 bits per heavy atom. The Balaban J connectivity index is 1.61. The second-order valence-corrected chi connectivity index (χ2v) is 21.5. The lowest BCUT2D eigenvalue weighted by atomic mass is 9.89. The quantitative estimate of drug-likeness (QED) is 0.153. The van der Waals surface area contributed by atoms with Crippen LogP contribution in [0.1, 0.15) is 72.0 Å². The molecule has 2 heterocycles. The molecule has 0 bridgehead atoms. The molecular weight excluding hydrogens is 680 g/mol. The van der Waals surface area contributed by atoms with E-state index in [1.54, 1.807) is 42.5 Å². The molecule has 1 aliphatic heterocycles. The van der Waals surface area contributed by atoms with Crippen LogP contribution < -0.4 is 9.16 Å². The van der Waals surface area contributed by atoms with Gasteiger partial charge in [0, 0.05) is 39.4 Å². The molecule has 0 amide bonds. The smallest absolute Gasteiger partial charge is 0.501 e. The summed E-state index contributed by atoms with van der Waals surface area (Å²) in [6, 6.07) is 12.1. The molecule has 2 aromatic carbocycles. The Labute approximate surface area is 284 Å². The number of Topliss-reactive ketones (excluding diaryl/α,β-unsaturated/α-hetero) is 1. The highest BCUT2D eigenvalue weighted by atomic mass is 32.2. The van der Waals surface area contributed by atoms with E-state index in [0.29, 0.717) is 46.0 Å². The van der Waals surface area contributed by atoms with Crippen molar-refractivity contribution in [3.05, 3.63) is 63.4 Å². The molecule has 1 aromatic heterocycles. The van der Waals surface area contributed by atoms with Crippen LogP contribution in [-0.4, -0.2) is 65.5 Å². The molecule has 7 nitrogen and oxygen atoms in total. The molecule has 1 saturated heterocycles. The molecule has 258 valence electrons. The van der Waals surface area contributed by atoms with Crippen molar-refractivity contribution < 1.29 is 40.3 Å². The van der Waals surface area contributed by atoms with E-state index in [9.17, 15) is 31.2 Å². The van der Waals surface area contributed by atoms with Gasteiger partial charge < -0.3 is 9.16 Å². The molecule has 3 aromatic rings. The number of ether oxygens (including phenoxy) is 1. The number of alkyl halides is 3. The standard InChI is InChI=1S/C35H40F3NO6S2Si/c1-34(2,3)48(4,5)45-25-12-9-23(10-13-25)33-31(32-29(41)20-27(21-30(32)46-33)47(42,43)35(36,37)38)28-19-26(14-11-24(28)22-40)44-18-17-39-15-7-6-8-16-39/h9-14,19,21-22H,6-8,15-18,20H2,1-5H3. The van der Waals surface area contributed by atoms with Crippen LogP contribution >= 0.6 is 11.3 Å². The zero-order chi connectivity index (χ0) is 35.1. The van der Waals surface area contributed by atoms with Crippen molar-refractivity contribution in [3.63, 3.8) is 0 Å². The highest BCUT2D eigenvalue weighted by molar-refractivity contribution is 7.96. The minimum Gasteiger partial charge on any atom is -0.544 e. The Bertz CT molecular complexity index is 1830. The first-order valence-electron chi connectivity index (χ1n) is 15.9. The summed E-state index contributed by atoms with van der Waals surface area (Å²) >= 11 is 1.00. The maximum atomic E-state index is 13.6. The number of ketones is 1. The van der Waals surface area contributed by atoms with E-state index in [4.69, 9.17) is 9.16 Å². The second-order valence-electron chi connectivity index (χ2n) is 13.7. The zero-order valence-corrected chi connectivity index (χ0v) is 30.3. The molecule has 0 radical (unpaired) electrons. The number of likely N-dealkylation sites (tertiary alicyclic amines) is 1. The van der Waals surface area contributed by atoms with Gasteiger partial charge in [0.1, 0.15) is 18.1 Å². The Kier molecular flexibility index (Phi) is 10.2. The maximum Gasteiger partial charge on any atom is 0.501 e. The first kappa shape index (κ1) is 36.0. The molecule has 1 aliphatic carbocycles. The molecule has 0 atom stereocenters. The van der Waals surface area contributed by atoms with Gasteiger partial charge in [-0.25, -0.2) is 8.42 Å². The lowest BCUT2D eigenvalue weighted by Gasteiger charge is -2.36. The van der Waals surface area contributed by atoms with Crippen LogP contribution in [0.15, 0.2) is 47.4 Å². The number of allylic oxidation sites excluding steroid dienone is 1. The van der Waals surface area contributed by atoms with Crippen molar-refractivity contribution in [2.45, 2.75) is 70.1 Å². The Morgan fingerprint density at radius 2 is 1.60 bits per heavy atom. The zero-order valence-electron chi connectivity index (χ0n) is 27.7. The summed E-state index contributed by atoms with van der Waals surface area (Å²) in [5, 5.41) is -0.0428. The summed E-state index contributed by atoms with van der Waals surface area (Å²) in [6.07, 6.45) is 4.14. The normalized spacial score (nSPS) is 16.3. The number of rotatable bonds is 10. The number of nitrogens with zero attached hydrogens (tertiary/aromatic N) is 1. The van der Waals surface area contributed by atoms with E-state index in [-0.39, 0.29) is 21.0 Å². The van der Waals surface area contributed by atoms with Crippen molar-refractivity contribution in [3.8, 4) is 33.1 Å². The van der Waals surface area contributed by atoms with Crippen molar-refractivity contribution in [1.82, 2.24) is 4.90 Å². The molecule has 0 unspecified atom stereocenters. The van der Waals surface area contributed by atoms with Gasteiger partial charge in [0.25, 0.3) is 9.84 Å². The Morgan fingerprint density at radius 1 is 0.958 bits per heavy atom. The van der Waals surface area contributed by atoms with Gasteiger partial charge in [0.15, 0.2) is 12.1 Å². The fourth-order valence-electron chi connectivity index (χ4n) is 5.59. The minimum atomic E-state index is -5.73. The third kappa shape index (κ3) is 7.34. The van der Waals surface area contributed by atoms with Crippen LogP contribution in [0.3, 0.4) is 0 Å². The fourth-order valence-corrected chi connectivity index (χ4v) is 8.90. The van der Waals surface area contributed by atoms with E-state index >= 15 is 0 Å². The average molecular weight is 720 g/mol. The van der Waals surface area contributed by atoms with Gasteiger partial charge in [0.05, 0.1) is 4.91 Å². The minimum absolute atomic E-state index is 0.0428. The molecule has 0 spiro atoms. The average Bonchev–Trinajstić information content (AvgIpc) is 3.41. The Hall–Kier alpha value is -3.26.